The minimum atomic E-state index is -5.05. The Kier molecular flexibility index (Phi) is 11.0. The van der Waals surface area contributed by atoms with Crippen LogP contribution >= 0.6 is 11.9 Å². The molecule has 2 amide bonds. The molecule has 50 heavy (non-hydrogen) atoms. The Morgan fingerprint density at radius 3 is 1.94 bits per heavy atom. The van der Waals surface area contributed by atoms with Gasteiger partial charge in [0.25, 0.3) is 11.8 Å². The summed E-state index contributed by atoms with van der Waals surface area (Å²) in [6.07, 6.45) is -6.90. The number of amides is 2. The molecule has 0 saturated carbocycles. The minimum absolute atomic E-state index is 0.0451. The second kappa shape index (κ2) is 15.1. The molecule has 6 rings (SSSR count). The van der Waals surface area contributed by atoms with Gasteiger partial charge in [-0.15, -0.1) is 0 Å². The number of piperidine rings is 2. The fourth-order valence-corrected chi connectivity index (χ4v) is 8.27. The van der Waals surface area contributed by atoms with Crippen molar-refractivity contribution in [2.24, 2.45) is 0 Å². The molecule has 4 aliphatic heterocycles. The van der Waals surface area contributed by atoms with E-state index < -0.39 is 41.0 Å². The number of hydrogen-bond donors (Lipinski definition) is 3. The zero-order chi connectivity index (χ0) is 35.6. The zero-order valence-corrected chi connectivity index (χ0v) is 28.1. The topological polar surface area (TPSA) is 91.4 Å². The number of carbonyl (C=O) groups excluding carboxylic acids is 2. The van der Waals surface area contributed by atoms with Crippen LogP contribution in [0.5, 0.6) is 0 Å². The Morgan fingerprint density at radius 1 is 0.780 bits per heavy atom. The number of nitrogens with zero attached hydrogens (tertiary/aromatic N) is 4. The molecular weight excluding hydrogens is 686 g/mol. The van der Waals surface area contributed by atoms with Crippen LogP contribution in [0.2, 0.25) is 0 Å². The first-order chi connectivity index (χ1) is 23.8. The average Bonchev–Trinajstić information content (AvgIpc) is 3.60. The Morgan fingerprint density at radius 2 is 1.36 bits per heavy atom. The standard InChI is InChI=1S/C34H40F6N6O3S/c35-33(36,37)24-17-23(18-25(19-24)34(38,39)40)31(48)46-11-8-27(20-28(46)16-22-4-2-1-3-5-22)44-14-12-43(13-15-44)26-6-9-45(10-7-26)32(49)30-29(21-47)41-42-50-30/h1-5,17-19,26-28,41-42,47H,6-16,20-21H2. The summed E-state index contributed by atoms with van der Waals surface area (Å²) in [5, 5.41) is 9.50. The van der Waals surface area contributed by atoms with Gasteiger partial charge < -0.3 is 20.3 Å². The van der Waals surface area contributed by atoms with Crippen LogP contribution in [-0.4, -0.2) is 107 Å². The predicted octanol–water partition coefficient (Wildman–Crippen LogP) is 4.51. The molecular formula is C34H40F6N6O3S. The van der Waals surface area contributed by atoms with E-state index in [0.717, 1.165) is 44.6 Å². The third kappa shape index (κ3) is 8.25. The number of hydrogen-bond acceptors (Lipinski definition) is 8. The molecule has 2 unspecified atom stereocenters. The van der Waals surface area contributed by atoms with Crippen LogP contribution < -0.4 is 10.3 Å². The molecule has 3 N–H and O–H groups in total. The largest absolute Gasteiger partial charge is 0.416 e. The molecule has 0 aromatic heterocycles. The number of halogens is 6. The summed E-state index contributed by atoms with van der Waals surface area (Å²) in [7, 11) is 0. The molecule has 272 valence electrons. The molecule has 0 spiro atoms. The second-order valence-electron chi connectivity index (χ2n) is 13.2. The van der Waals surface area contributed by atoms with Gasteiger partial charge in [0.2, 0.25) is 0 Å². The molecule has 0 aliphatic carbocycles. The number of aliphatic hydroxyl groups is 1. The highest BCUT2D eigenvalue weighted by Gasteiger charge is 2.41. The minimum Gasteiger partial charge on any atom is -0.390 e. The first-order valence-corrected chi connectivity index (χ1v) is 17.6. The Balaban J connectivity index is 1.10. The number of benzene rings is 2. The quantitative estimate of drug-likeness (QED) is 0.284. The monoisotopic (exact) mass is 726 g/mol. The Hall–Kier alpha value is -3.31. The third-order valence-electron chi connectivity index (χ3n) is 10.2. The number of rotatable bonds is 7. The maximum atomic E-state index is 13.8. The van der Waals surface area contributed by atoms with E-state index in [1.165, 1.54) is 16.8 Å². The van der Waals surface area contributed by atoms with Crippen molar-refractivity contribution in [3.63, 3.8) is 0 Å². The van der Waals surface area contributed by atoms with Crippen molar-refractivity contribution in [1.29, 1.82) is 0 Å². The molecule has 2 atom stereocenters. The molecule has 3 saturated heterocycles. The van der Waals surface area contributed by atoms with Crippen LogP contribution in [0, 0.1) is 0 Å². The van der Waals surface area contributed by atoms with E-state index in [-0.39, 0.29) is 31.2 Å². The normalized spacial score (nSPS) is 23.3. The SMILES string of the molecule is O=C(C1=C(CO)NNS1)N1CCC(N2CCN(C3CCN(C(=O)c4cc(C(F)(F)F)cc(C(F)(F)F)c4)C(Cc4ccccc4)C3)CC2)CC1. The van der Waals surface area contributed by atoms with Crippen molar-refractivity contribution >= 4 is 23.8 Å². The van der Waals surface area contributed by atoms with Gasteiger partial charge in [-0.1, -0.05) is 30.3 Å². The Bertz CT molecular complexity index is 1530. The molecule has 3 fully saturated rings. The maximum Gasteiger partial charge on any atom is 0.416 e. The van der Waals surface area contributed by atoms with E-state index in [1.54, 1.807) is 0 Å². The lowest BCUT2D eigenvalue weighted by molar-refractivity contribution is -0.143. The molecule has 2 aromatic rings. The highest BCUT2D eigenvalue weighted by molar-refractivity contribution is 8.02. The first-order valence-electron chi connectivity index (χ1n) is 16.8. The van der Waals surface area contributed by atoms with Gasteiger partial charge in [-0.05, 0) is 67.8 Å². The van der Waals surface area contributed by atoms with Gasteiger partial charge in [0.15, 0.2) is 0 Å². The van der Waals surface area contributed by atoms with Crippen LogP contribution in [0.25, 0.3) is 0 Å². The summed E-state index contributed by atoms with van der Waals surface area (Å²) in [6.45, 7) is 4.45. The molecule has 2 aromatic carbocycles. The number of carbonyl (C=O) groups is 2. The van der Waals surface area contributed by atoms with Gasteiger partial charge in [-0.3, -0.25) is 19.4 Å². The summed E-state index contributed by atoms with van der Waals surface area (Å²) in [5.41, 5.74) is 0.575. The van der Waals surface area contributed by atoms with Crippen LogP contribution in [0.1, 0.15) is 52.7 Å². The molecule has 9 nitrogen and oxygen atoms in total. The fraction of sp³-hybridized carbons (Fsp3) is 0.529. The lowest BCUT2D eigenvalue weighted by Gasteiger charge is -2.48. The van der Waals surface area contributed by atoms with Crippen LogP contribution in [0.3, 0.4) is 0 Å². The van der Waals surface area contributed by atoms with Crippen LogP contribution in [0.4, 0.5) is 26.3 Å². The molecule has 16 heteroatoms. The van der Waals surface area contributed by atoms with Crippen molar-refractivity contribution in [2.45, 2.75) is 62.6 Å². The van der Waals surface area contributed by atoms with Gasteiger partial charge in [-0.25, -0.2) is 0 Å². The van der Waals surface area contributed by atoms with E-state index >= 15 is 0 Å². The number of alkyl halides is 6. The summed E-state index contributed by atoms with van der Waals surface area (Å²) in [5.74, 6) is -0.929. The highest BCUT2D eigenvalue weighted by atomic mass is 32.2. The van der Waals surface area contributed by atoms with Crippen molar-refractivity contribution < 1.29 is 41.0 Å². The van der Waals surface area contributed by atoms with Gasteiger partial charge in [-0.2, -0.15) is 31.2 Å². The van der Waals surface area contributed by atoms with E-state index in [1.807, 2.05) is 35.2 Å². The van der Waals surface area contributed by atoms with Crippen molar-refractivity contribution in [1.82, 2.24) is 29.9 Å². The summed E-state index contributed by atoms with van der Waals surface area (Å²) < 4.78 is 81.7. The fourth-order valence-electron chi connectivity index (χ4n) is 7.54. The van der Waals surface area contributed by atoms with Gasteiger partial charge in [0.05, 0.1) is 23.4 Å². The smallest absolute Gasteiger partial charge is 0.390 e. The van der Waals surface area contributed by atoms with Crippen LogP contribution in [-0.2, 0) is 23.6 Å². The third-order valence-corrected chi connectivity index (χ3v) is 11.0. The van der Waals surface area contributed by atoms with Gasteiger partial charge in [0.1, 0.15) is 4.91 Å². The van der Waals surface area contributed by atoms with Gasteiger partial charge >= 0.3 is 12.4 Å². The van der Waals surface area contributed by atoms with Gasteiger partial charge in [0, 0.05) is 69.5 Å². The number of likely N-dealkylation sites (tertiary alicyclic amines) is 2. The molecule has 0 radical (unpaired) electrons. The maximum absolute atomic E-state index is 13.8. The number of piperazine rings is 1. The van der Waals surface area contributed by atoms with Crippen molar-refractivity contribution in [3.05, 3.63) is 81.4 Å². The molecule has 4 aliphatic rings. The van der Waals surface area contributed by atoms with E-state index in [4.69, 9.17) is 0 Å². The number of hydrazine groups is 1. The van der Waals surface area contributed by atoms with Crippen molar-refractivity contribution in [2.75, 3.05) is 52.4 Å². The summed E-state index contributed by atoms with van der Waals surface area (Å²) in [6, 6.07) is 10.5. The van der Waals surface area contributed by atoms with E-state index in [9.17, 15) is 41.0 Å². The first kappa shape index (κ1) is 36.5. The van der Waals surface area contributed by atoms with E-state index in [0.29, 0.717) is 61.1 Å². The second-order valence-corrected chi connectivity index (χ2v) is 14.0. The Labute approximate surface area is 290 Å². The highest BCUT2D eigenvalue weighted by Crippen LogP contribution is 2.37. The summed E-state index contributed by atoms with van der Waals surface area (Å²) >= 11 is 1.17. The zero-order valence-electron chi connectivity index (χ0n) is 27.3. The molecule has 0 bridgehead atoms. The lowest BCUT2D eigenvalue weighted by Crippen LogP contribution is -2.58. The summed E-state index contributed by atoms with van der Waals surface area (Å²) in [4.78, 5) is 38.2. The predicted molar refractivity (Wildman–Crippen MR) is 175 cm³/mol. The van der Waals surface area contributed by atoms with Crippen molar-refractivity contribution in [3.8, 4) is 0 Å². The van der Waals surface area contributed by atoms with Crippen LogP contribution in [0.15, 0.2) is 59.1 Å². The molecule has 4 heterocycles. The lowest BCUT2D eigenvalue weighted by atomic mass is 9.90. The average molecular weight is 727 g/mol. The number of aliphatic hydroxyl groups excluding tert-OH is 1. The van der Waals surface area contributed by atoms with E-state index in [2.05, 4.69) is 20.1 Å². The number of nitrogens with one attached hydrogen (secondary N) is 2.